The van der Waals surface area contributed by atoms with Gasteiger partial charge in [0.2, 0.25) is 0 Å². The lowest BCUT2D eigenvalue weighted by atomic mass is 10.1. The molecule has 2 rings (SSSR count). The lowest BCUT2D eigenvalue weighted by Gasteiger charge is -2.22. The van der Waals surface area contributed by atoms with Gasteiger partial charge in [-0.15, -0.1) is 0 Å². The van der Waals surface area contributed by atoms with E-state index < -0.39 is 0 Å². The second kappa shape index (κ2) is 7.76. The summed E-state index contributed by atoms with van der Waals surface area (Å²) in [7, 11) is 2.07. The summed E-state index contributed by atoms with van der Waals surface area (Å²) in [4.78, 5) is 13.5. The Morgan fingerprint density at radius 2 is 1.73 bits per heavy atom. The molecule has 116 valence electrons. The quantitative estimate of drug-likeness (QED) is 0.836. The van der Waals surface area contributed by atoms with Gasteiger partial charge in [0.1, 0.15) is 6.54 Å². The Hall–Kier alpha value is -2.13. The van der Waals surface area contributed by atoms with Gasteiger partial charge in [0.05, 0.1) is 7.05 Å². The van der Waals surface area contributed by atoms with Crippen molar-refractivity contribution in [2.24, 2.45) is 0 Å². The first kappa shape index (κ1) is 16.2. The Morgan fingerprint density at radius 3 is 2.41 bits per heavy atom. The van der Waals surface area contributed by atoms with Crippen LogP contribution in [0.3, 0.4) is 0 Å². The Balaban J connectivity index is 1.88. The molecule has 1 unspecified atom stereocenters. The lowest BCUT2D eigenvalue weighted by Crippen LogP contribution is -3.12. The molecule has 0 aliphatic rings. The van der Waals surface area contributed by atoms with Gasteiger partial charge in [0, 0.05) is 12.1 Å². The van der Waals surface area contributed by atoms with E-state index in [2.05, 4.69) is 37.5 Å². The number of nitrogens with one attached hydrogen (secondary N) is 2. The predicted octanol–water partition coefficient (Wildman–Crippen LogP) is 1.71. The molecule has 0 saturated heterocycles. The third-order valence-electron chi connectivity index (χ3n) is 4.17. The van der Waals surface area contributed by atoms with Gasteiger partial charge in [0.15, 0.2) is 6.04 Å². The van der Waals surface area contributed by atoms with Gasteiger partial charge in [-0.3, -0.25) is 4.79 Å². The molecule has 0 aromatic heterocycles. The van der Waals surface area contributed by atoms with E-state index in [9.17, 15) is 4.79 Å². The third-order valence-corrected chi connectivity index (χ3v) is 4.17. The molecular formula is C19H25N2O+. The van der Waals surface area contributed by atoms with Crippen molar-refractivity contribution in [2.45, 2.75) is 33.0 Å². The highest BCUT2D eigenvalue weighted by atomic mass is 16.2. The molecule has 0 fully saturated rings. The Labute approximate surface area is 133 Å². The number of carbonyl (C=O) groups excluding carboxylic acids is 1. The molecule has 0 bridgehead atoms. The topological polar surface area (TPSA) is 33.5 Å². The Bertz CT molecular complexity index is 610. The number of rotatable bonds is 6. The van der Waals surface area contributed by atoms with Gasteiger partial charge >= 0.3 is 0 Å². The van der Waals surface area contributed by atoms with E-state index in [0.717, 1.165) is 12.1 Å². The molecule has 0 saturated carbocycles. The first-order chi connectivity index (χ1) is 10.6. The first-order valence-electron chi connectivity index (χ1n) is 7.76. The van der Waals surface area contributed by atoms with Crippen molar-refractivity contribution in [3.05, 3.63) is 71.3 Å². The van der Waals surface area contributed by atoms with Crippen LogP contribution in [0.5, 0.6) is 0 Å². The SMILES string of the molecule is Cc1ccccc1C[NH+](C)[C@@H](C)C(=O)NCc1ccccc1. The normalized spacial score (nSPS) is 13.4. The molecule has 3 heteroatoms. The minimum atomic E-state index is -0.0803. The second-order valence-electron chi connectivity index (χ2n) is 5.87. The number of benzene rings is 2. The van der Waals surface area contributed by atoms with Gasteiger partial charge in [-0.25, -0.2) is 0 Å². The van der Waals surface area contributed by atoms with Crippen molar-refractivity contribution >= 4 is 5.91 Å². The maximum Gasteiger partial charge on any atom is 0.278 e. The molecule has 22 heavy (non-hydrogen) atoms. The predicted molar refractivity (Wildman–Crippen MR) is 89.5 cm³/mol. The molecule has 0 aliphatic carbocycles. The maximum atomic E-state index is 12.3. The summed E-state index contributed by atoms with van der Waals surface area (Å²) in [5, 5.41) is 3.02. The summed E-state index contributed by atoms with van der Waals surface area (Å²) in [6.07, 6.45) is 0. The van der Waals surface area contributed by atoms with Crippen molar-refractivity contribution < 1.29 is 9.69 Å². The van der Waals surface area contributed by atoms with E-state index >= 15 is 0 Å². The van der Waals surface area contributed by atoms with E-state index in [0.29, 0.717) is 6.54 Å². The monoisotopic (exact) mass is 297 g/mol. The minimum absolute atomic E-state index is 0.0803. The van der Waals surface area contributed by atoms with Crippen molar-refractivity contribution in [3.8, 4) is 0 Å². The summed E-state index contributed by atoms with van der Waals surface area (Å²) < 4.78 is 0. The Kier molecular flexibility index (Phi) is 5.73. The van der Waals surface area contributed by atoms with Crippen molar-refractivity contribution in [1.82, 2.24) is 5.32 Å². The van der Waals surface area contributed by atoms with Crippen LogP contribution >= 0.6 is 0 Å². The summed E-state index contributed by atoms with van der Waals surface area (Å²) >= 11 is 0. The van der Waals surface area contributed by atoms with Crippen LogP contribution in [0.15, 0.2) is 54.6 Å². The van der Waals surface area contributed by atoms with Crippen LogP contribution < -0.4 is 10.2 Å². The van der Waals surface area contributed by atoms with E-state index in [1.807, 2.05) is 43.3 Å². The summed E-state index contributed by atoms with van der Waals surface area (Å²) in [6.45, 7) is 5.53. The smallest absolute Gasteiger partial charge is 0.278 e. The van der Waals surface area contributed by atoms with Crippen LogP contribution in [0.2, 0.25) is 0 Å². The van der Waals surface area contributed by atoms with Gasteiger partial charge in [-0.05, 0) is 25.0 Å². The molecule has 3 nitrogen and oxygen atoms in total. The van der Waals surface area contributed by atoms with Crippen molar-refractivity contribution in [1.29, 1.82) is 0 Å². The molecule has 2 aromatic carbocycles. The standard InChI is InChI=1S/C19H24N2O/c1-15-9-7-8-12-18(15)14-21(3)16(2)19(22)20-13-17-10-5-4-6-11-17/h4-12,16H,13-14H2,1-3H3,(H,20,22)/p+1/t16-/m0/s1. The highest BCUT2D eigenvalue weighted by molar-refractivity contribution is 5.79. The van der Waals surface area contributed by atoms with Crippen LogP contribution in [-0.4, -0.2) is 19.0 Å². The average molecular weight is 297 g/mol. The van der Waals surface area contributed by atoms with E-state index in [4.69, 9.17) is 0 Å². The van der Waals surface area contributed by atoms with Crippen molar-refractivity contribution in [3.63, 3.8) is 0 Å². The van der Waals surface area contributed by atoms with E-state index in [1.165, 1.54) is 16.0 Å². The molecule has 0 spiro atoms. The summed E-state index contributed by atoms with van der Waals surface area (Å²) in [6, 6.07) is 18.3. The van der Waals surface area contributed by atoms with Gasteiger partial charge in [-0.1, -0.05) is 54.6 Å². The summed E-state index contributed by atoms with van der Waals surface area (Å²) in [5.41, 5.74) is 3.70. The second-order valence-corrected chi connectivity index (χ2v) is 5.87. The van der Waals surface area contributed by atoms with Gasteiger partial charge in [-0.2, -0.15) is 0 Å². The number of hydrogen-bond acceptors (Lipinski definition) is 1. The number of aryl methyl sites for hydroxylation is 1. The zero-order chi connectivity index (χ0) is 15.9. The zero-order valence-corrected chi connectivity index (χ0v) is 13.6. The van der Waals surface area contributed by atoms with Crippen molar-refractivity contribution in [2.75, 3.05) is 7.05 Å². The van der Waals surface area contributed by atoms with Crippen LogP contribution in [0, 0.1) is 6.92 Å². The molecule has 0 heterocycles. The molecule has 2 aromatic rings. The molecule has 2 atom stereocenters. The zero-order valence-electron chi connectivity index (χ0n) is 13.6. The molecule has 1 amide bonds. The maximum absolute atomic E-state index is 12.3. The van der Waals surface area contributed by atoms with Crippen LogP contribution in [0.25, 0.3) is 0 Å². The largest absolute Gasteiger partial charge is 0.347 e. The highest BCUT2D eigenvalue weighted by Crippen LogP contribution is 2.05. The lowest BCUT2D eigenvalue weighted by molar-refractivity contribution is -0.908. The number of carbonyl (C=O) groups is 1. The highest BCUT2D eigenvalue weighted by Gasteiger charge is 2.21. The molecule has 2 N–H and O–H groups in total. The first-order valence-corrected chi connectivity index (χ1v) is 7.76. The fraction of sp³-hybridized carbons (Fsp3) is 0.316. The molecule has 0 radical (unpaired) electrons. The fourth-order valence-corrected chi connectivity index (χ4v) is 2.42. The molecule has 0 aliphatic heterocycles. The number of quaternary nitrogens is 1. The van der Waals surface area contributed by atoms with Crippen LogP contribution in [0.1, 0.15) is 23.6 Å². The van der Waals surface area contributed by atoms with Gasteiger partial charge in [0.25, 0.3) is 5.91 Å². The third kappa shape index (κ3) is 4.43. The van der Waals surface area contributed by atoms with E-state index in [1.54, 1.807) is 0 Å². The van der Waals surface area contributed by atoms with E-state index in [-0.39, 0.29) is 11.9 Å². The van der Waals surface area contributed by atoms with Crippen LogP contribution in [-0.2, 0) is 17.9 Å². The molecular weight excluding hydrogens is 272 g/mol. The van der Waals surface area contributed by atoms with Crippen LogP contribution in [0.4, 0.5) is 0 Å². The Morgan fingerprint density at radius 1 is 1.09 bits per heavy atom. The number of amides is 1. The average Bonchev–Trinajstić information content (AvgIpc) is 2.55. The number of likely N-dealkylation sites (N-methyl/N-ethyl adjacent to an activating group) is 1. The minimum Gasteiger partial charge on any atom is -0.347 e. The summed E-state index contributed by atoms with van der Waals surface area (Å²) in [5.74, 6) is 0.0925. The fourth-order valence-electron chi connectivity index (χ4n) is 2.42. The van der Waals surface area contributed by atoms with Gasteiger partial charge < -0.3 is 10.2 Å². The number of hydrogen-bond donors (Lipinski definition) is 2.